The molecule has 9 heteroatoms. The molecular weight excluding hydrogens is 1070 g/mol. The van der Waals surface area contributed by atoms with Gasteiger partial charge in [-0.25, -0.2) is 0 Å². The molecule has 528 valence electrons. The molecule has 1 heterocycles. The summed E-state index contributed by atoms with van der Waals surface area (Å²) < 4.78 is 11.1. The van der Waals surface area contributed by atoms with Crippen LogP contribution in [-0.4, -0.2) is 131 Å². The molecule has 0 spiro atoms. The molecule has 87 heavy (non-hydrogen) atoms. The Kier molecular flexibility index (Phi) is 69.5. The Hall–Kier alpha value is -0.810. The van der Waals surface area contributed by atoms with Crippen LogP contribution < -0.4 is 16.4 Å². The highest BCUT2D eigenvalue weighted by molar-refractivity contribution is 5.69. The third-order valence-corrected chi connectivity index (χ3v) is 18.2. The molecule has 0 aromatic heterocycles. The van der Waals surface area contributed by atoms with Crippen LogP contribution in [0.5, 0.6) is 0 Å². The van der Waals surface area contributed by atoms with E-state index in [1.165, 1.54) is 245 Å². The summed E-state index contributed by atoms with van der Waals surface area (Å²) >= 11 is 0. The molecule has 1 aliphatic rings. The summed E-state index contributed by atoms with van der Waals surface area (Å²) in [4.78, 5) is 19.5. The predicted molar refractivity (Wildman–Crippen MR) is 393 cm³/mol. The van der Waals surface area contributed by atoms with E-state index in [0.717, 1.165) is 61.7 Å². The molecular formula is C78H168N6O3. The average Bonchev–Trinajstić information content (AvgIpc) is 1.55. The van der Waals surface area contributed by atoms with Crippen molar-refractivity contribution in [2.24, 2.45) is 35.3 Å². The van der Waals surface area contributed by atoms with Gasteiger partial charge in [-0.3, -0.25) is 4.79 Å². The Balaban J connectivity index is -0.000000517. The van der Waals surface area contributed by atoms with Crippen LogP contribution in [0.4, 0.5) is 0 Å². The Morgan fingerprint density at radius 3 is 1.10 bits per heavy atom. The van der Waals surface area contributed by atoms with Crippen LogP contribution in [0, 0.1) is 29.6 Å². The van der Waals surface area contributed by atoms with E-state index in [0.29, 0.717) is 19.1 Å². The van der Waals surface area contributed by atoms with E-state index >= 15 is 0 Å². The maximum absolute atomic E-state index is 12.1. The van der Waals surface area contributed by atoms with Gasteiger partial charge in [0.25, 0.3) is 0 Å². The van der Waals surface area contributed by atoms with Gasteiger partial charge in [0.1, 0.15) is 6.10 Å². The molecule has 0 amide bonds. The number of hydrogen-bond acceptors (Lipinski definition) is 9. The fourth-order valence-corrected chi connectivity index (χ4v) is 12.2. The summed E-state index contributed by atoms with van der Waals surface area (Å²) in [6.45, 7) is 50.2. The van der Waals surface area contributed by atoms with Crippen LogP contribution in [0.2, 0.25) is 0 Å². The smallest absolute Gasteiger partial charge is 0.306 e. The standard InChI is InChI=1S/C24H51N.C21H41NO2.C16H35N.C10H24N2.C7H17NO/c1-7-13-16-22(10-4)19-25(20-23(11-5)17-14-8-2)21-24(12-6)18-15-9-3;1-6-7-8-9-10-11-12-13-14-15-19(23)24-18-16-20(2,3)22-21(4,5)17-18;1-5-9-11-15(7-3)13-17-14-16(8-4)12-10-6-2;1-11(2)9-7-5-6-8-10-12(3)4;1-4-7(3)9-5-6(2)8/h22-24H,7-21H2,1-6H3;18,22H,6-17H2,1-5H3;15-17H,5-14H2,1-4H3;5-10H2,1-4H3;6-7H,4-5,8H2,1-3H3. The van der Waals surface area contributed by atoms with Crippen LogP contribution in [0.3, 0.4) is 0 Å². The predicted octanol–water partition coefficient (Wildman–Crippen LogP) is 21.5. The van der Waals surface area contributed by atoms with Crippen molar-refractivity contribution in [3.05, 3.63) is 0 Å². The van der Waals surface area contributed by atoms with Gasteiger partial charge in [0, 0.05) is 56.0 Å². The first-order chi connectivity index (χ1) is 41.4. The fraction of sp³-hybridized carbons (Fsp3) is 0.987. The second-order valence-corrected chi connectivity index (χ2v) is 29.5. The number of carbonyl (C=O) groups is 1. The molecule has 0 bridgehead atoms. The lowest BCUT2D eigenvalue weighted by molar-refractivity contribution is -0.153. The van der Waals surface area contributed by atoms with E-state index in [1.54, 1.807) is 0 Å². The first-order valence-electron chi connectivity index (χ1n) is 38.5. The molecule has 0 aliphatic carbocycles. The van der Waals surface area contributed by atoms with Gasteiger partial charge in [-0.05, 0) is 183 Å². The second-order valence-electron chi connectivity index (χ2n) is 29.5. The van der Waals surface area contributed by atoms with E-state index in [1.807, 2.05) is 6.92 Å². The van der Waals surface area contributed by atoms with E-state index < -0.39 is 0 Å². The highest BCUT2D eigenvalue weighted by atomic mass is 16.5. The molecule has 1 rings (SSSR count). The highest BCUT2D eigenvalue weighted by Crippen LogP contribution is 2.31. The molecule has 0 saturated carbocycles. The Morgan fingerprint density at radius 1 is 0.471 bits per heavy atom. The maximum atomic E-state index is 12.1. The molecule has 0 aromatic carbocycles. The zero-order valence-corrected chi connectivity index (χ0v) is 64.1. The molecule has 0 aromatic rings. The van der Waals surface area contributed by atoms with Gasteiger partial charge in [-0.1, -0.05) is 244 Å². The summed E-state index contributed by atoms with van der Waals surface area (Å²) in [5, 5.41) is 7.33. The van der Waals surface area contributed by atoms with Crippen LogP contribution >= 0.6 is 0 Å². The van der Waals surface area contributed by atoms with Gasteiger partial charge in [0.05, 0.1) is 12.7 Å². The van der Waals surface area contributed by atoms with Crippen LogP contribution in [-0.2, 0) is 14.3 Å². The molecule has 1 aliphatic heterocycles. The lowest BCUT2D eigenvalue weighted by Crippen LogP contribution is -2.59. The fourth-order valence-electron chi connectivity index (χ4n) is 12.2. The molecule has 0 radical (unpaired) electrons. The third kappa shape index (κ3) is 66.5. The number of unbranched alkanes of at least 4 members (excludes halogenated alkanes) is 16. The lowest BCUT2D eigenvalue weighted by atomic mass is 9.81. The van der Waals surface area contributed by atoms with Crippen molar-refractivity contribution in [1.82, 2.24) is 25.3 Å². The lowest BCUT2D eigenvalue weighted by Gasteiger charge is -2.45. The largest absolute Gasteiger partial charge is 0.462 e. The summed E-state index contributed by atoms with van der Waals surface area (Å²) in [7, 11) is 8.55. The first kappa shape index (κ1) is 92.6. The van der Waals surface area contributed by atoms with Crippen LogP contribution in [0.25, 0.3) is 0 Å². The molecule has 7 unspecified atom stereocenters. The number of nitrogens with one attached hydrogen (secondary N) is 2. The third-order valence-electron chi connectivity index (χ3n) is 18.2. The topological polar surface area (TPSA) is 95.3 Å². The molecule has 1 saturated heterocycles. The average molecular weight is 1240 g/mol. The van der Waals surface area contributed by atoms with E-state index in [9.17, 15) is 4.79 Å². The summed E-state index contributed by atoms with van der Waals surface area (Å²) in [5.41, 5.74) is 5.53. The van der Waals surface area contributed by atoms with Crippen LogP contribution in [0.15, 0.2) is 0 Å². The zero-order chi connectivity index (χ0) is 66.6. The van der Waals surface area contributed by atoms with Gasteiger partial charge >= 0.3 is 5.97 Å². The summed E-state index contributed by atoms with van der Waals surface area (Å²) in [5.74, 6) is 4.53. The Labute approximate surface area is 550 Å². The van der Waals surface area contributed by atoms with E-state index in [-0.39, 0.29) is 29.2 Å². The van der Waals surface area contributed by atoms with Crippen molar-refractivity contribution in [3.8, 4) is 0 Å². The quantitative estimate of drug-likeness (QED) is 0.0407. The van der Waals surface area contributed by atoms with Gasteiger partial charge in [-0.15, -0.1) is 0 Å². The molecule has 1 fully saturated rings. The van der Waals surface area contributed by atoms with Crippen molar-refractivity contribution in [3.63, 3.8) is 0 Å². The second kappa shape index (κ2) is 65.3. The van der Waals surface area contributed by atoms with Gasteiger partial charge in [-0.2, -0.15) is 0 Å². The van der Waals surface area contributed by atoms with Gasteiger partial charge in [0.2, 0.25) is 0 Å². The van der Waals surface area contributed by atoms with Crippen molar-refractivity contribution in [2.45, 2.75) is 392 Å². The summed E-state index contributed by atoms with van der Waals surface area (Å²) in [6.07, 6.45) is 48.4. The van der Waals surface area contributed by atoms with Crippen molar-refractivity contribution in [2.75, 3.05) is 80.6 Å². The van der Waals surface area contributed by atoms with Crippen molar-refractivity contribution >= 4 is 5.97 Å². The van der Waals surface area contributed by atoms with Crippen molar-refractivity contribution in [1.29, 1.82) is 0 Å². The molecule has 7 atom stereocenters. The summed E-state index contributed by atoms with van der Waals surface area (Å²) in [6, 6.07) is 0.166. The van der Waals surface area contributed by atoms with Gasteiger partial charge in [0.15, 0.2) is 0 Å². The van der Waals surface area contributed by atoms with Gasteiger partial charge < -0.3 is 40.5 Å². The number of nitrogens with zero attached hydrogens (tertiary/aromatic N) is 3. The first-order valence-corrected chi connectivity index (χ1v) is 38.5. The zero-order valence-electron chi connectivity index (χ0n) is 64.1. The number of rotatable bonds is 52. The number of ether oxygens (including phenoxy) is 2. The minimum atomic E-state index is -0.00329. The van der Waals surface area contributed by atoms with E-state index in [4.69, 9.17) is 15.2 Å². The number of carbonyl (C=O) groups excluding carboxylic acids is 1. The minimum absolute atomic E-state index is 0.00329. The monoisotopic (exact) mass is 1240 g/mol. The SMILES string of the molecule is CCC(C)OCC(C)N.CCCCC(CC)CN(CC(CC)CCCC)CC(CC)CCCC.CCCCC(CC)CNCC(CC)CCCC.CCCCCCCCCCCC(=O)OC1CC(C)(C)NC(C)(C)C1.CN(C)CCCCCCN(C)C. The number of esters is 1. The number of hydrogen-bond donors (Lipinski definition) is 3. The Morgan fingerprint density at radius 2 is 0.793 bits per heavy atom. The van der Waals surface area contributed by atoms with Crippen LogP contribution in [0.1, 0.15) is 362 Å². The van der Waals surface area contributed by atoms with E-state index in [2.05, 4.69) is 171 Å². The highest BCUT2D eigenvalue weighted by Gasteiger charge is 2.39. The maximum Gasteiger partial charge on any atom is 0.306 e. The normalized spacial score (nSPS) is 16.3. The van der Waals surface area contributed by atoms with Crippen molar-refractivity contribution < 1.29 is 14.3 Å². The Bertz CT molecular complexity index is 1270. The number of nitrogens with two attached hydrogens (primary N) is 1. The molecule has 9 nitrogen and oxygen atoms in total. The minimum Gasteiger partial charge on any atom is -0.462 e. The molecule has 4 N–H and O–H groups in total. The number of piperidine rings is 1.